The average molecular weight is 277 g/mol. The zero-order chi connectivity index (χ0) is 14.0. The molecule has 2 aromatic rings. The summed E-state index contributed by atoms with van der Waals surface area (Å²) in [5.74, 6) is 1.78. The summed E-state index contributed by atoms with van der Waals surface area (Å²) in [5, 5.41) is 0.535. The van der Waals surface area contributed by atoms with E-state index in [1.54, 1.807) is 7.11 Å². The Bertz CT molecular complexity index is 556. The molecule has 100 valence electrons. The zero-order valence-corrected chi connectivity index (χ0v) is 12.3. The van der Waals surface area contributed by atoms with Gasteiger partial charge in [-0.25, -0.2) is 9.97 Å². The molecule has 1 aromatic carbocycles. The molecule has 0 fully saturated rings. The number of hydrogen-bond donors (Lipinski definition) is 0. The molecule has 0 spiro atoms. The van der Waals surface area contributed by atoms with E-state index in [1.807, 2.05) is 31.2 Å². The summed E-state index contributed by atoms with van der Waals surface area (Å²) >= 11 is 6.26. The fourth-order valence-electron chi connectivity index (χ4n) is 2.07. The number of benzene rings is 1. The summed E-state index contributed by atoms with van der Waals surface area (Å²) in [5.41, 5.74) is 2.88. The van der Waals surface area contributed by atoms with E-state index in [2.05, 4.69) is 23.8 Å². The molecule has 0 aliphatic rings. The van der Waals surface area contributed by atoms with Crippen molar-refractivity contribution in [2.45, 2.75) is 26.7 Å². The van der Waals surface area contributed by atoms with Crippen LogP contribution in [0.25, 0.3) is 11.4 Å². The van der Waals surface area contributed by atoms with E-state index < -0.39 is 0 Å². The third-order valence-electron chi connectivity index (χ3n) is 3.02. The summed E-state index contributed by atoms with van der Waals surface area (Å²) in [6, 6.07) is 7.63. The maximum Gasteiger partial charge on any atom is 0.161 e. The van der Waals surface area contributed by atoms with Crippen molar-refractivity contribution >= 4 is 11.6 Å². The molecular formula is C15H17ClN2O. The van der Waals surface area contributed by atoms with Gasteiger partial charge in [0.1, 0.15) is 10.9 Å². The van der Waals surface area contributed by atoms with Gasteiger partial charge >= 0.3 is 0 Å². The lowest BCUT2D eigenvalue weighted by Crippen LogP contribution is -2.01. The number of aryl methyl sites for hydroxylation is 1. The molecule has 0 N–H and O–H groups in total. The van der Waals surface area contributed by atoms with Crippen LogP contribution in [0.4, 0.5) is 0 Å². The predicted molar refractivity (Wildman–Crippen MR) is 77.9 cm³/mol. The van der Waals surface area contributed by atoms with E-state index >= 15 is 0 Å². The Hall–Kier alpha value is -1.61. The van der Waals surface area contributed by atoms with Crippen molar-refractivity contribution in [1.29, 1.82) is 0 Å². The van der Waals surface area contributed by atoms with E-state index in [-0.39, 0.29) is 0 Å². The van der Waals surface area contributed by atoms with Crippen LogP contribution < -0.4 is 4.74 Å². The van der Waals surface area contributed by atoms with Gasteiger partial charge in [-0.1, -0.05) is 25.4 Å². The van der Waals surface area contributed by atoms with E-state index in [9.17, 15) is 0 Å². The summed E-state index contributed by atoms with van der Waals surface area (Å²) < 4.78 is 5.14. The number of halogens is 1. The van der Waals surface area contributed by atoms with Crippen molar-refractivity contribution in [3.05, 3.63) is 40.7 Å². The molecule has 0 aliphatic heterocycles. The standard InChI is InChI=1S/C15H17ClN2O/c1-9(2)13-10(3)17-15(18-14(13)16)11-5-7-12(19-4)8-6-11/h5-9H,1-4H3. The molecule has 0 saturated heterocycles. The van der Waals surface area contributed by atoms with Crippen molar-refractivity contribution < 1.29 is 4.74 Å². The maximum atomic E-state index is 6.26. The maximum absolute atomic E-state index is 6.26. The highest BCUT2D eigenvalue weighted by atomic mass is 35.5. The van der Waals surface area contributed by atoms with Crippen molar-refractivity contribution in [1.82, 2.24) is 9.97 Å². The van der Waals surface area contributed by atoms with Crippen LogP contribution in [0.1, 0.15) is 31.0 Å². The second kappa shape index (κ2) is 5.57. The molecule has 1 heterocycles. The molecular weight excluding hydrogens is 260 g/mol. The molecule has 0 unspecified atom stereocenters. The lowest BCUT2D eigenvalue weighted by Gasteiger charge is -2.12. The third-order valence-corrected chi connectivity index (χ3v) is 3.30. The van der Waals surface area contributed by atoms with Gasteiger partial charge in [-0.15, -0.1) is 0 Å². The van der Waals surface area contributed by atoms with Crippen molar-refractivity contribution in [3.8, 4) is 17.1 Å². The lowest BCUT2D eigenvalue weighted by atomic mass is 10.0. The molecule has 19 heavy (non-hydrogen) atoms. The predicted octanol–water partition coefficient (Wildman–Crippen LogP) is 4.24. The first-order valence-corrected chi connectivity index (χ1v) is 6.59. The van der Waals surface area contributed by atoms with Crippen LogP contribution in [0, 0.1) is 6.92 Å². The van der Waals surface area contributed by atoms with Gasteiger partial charge in [0.25, 0.3) is 0 Å². The Kier molecular flexibility index (Phi) is 4.05. The number of hydrogen-bond acceptors (Lipinski definition) is 3. The Balaban J connectivity index is 2.45. The largest absolute Gasteiger partial charge is 0.497 e. The average Bonchev–Trinajstić information content (AvgIpc) is 2.37. The smallest absolute Gasteiger partial charge is 0.161 e. The summed E-state index contributed by atoms with van der Waals surface area (Å²) in [7, 11) is 1.64. The minimum Gasteiger partial charge on any atom is -0.497 e. The van der Waals surface area contributed by atoms with Gasteiger partial charge in [0.05, 0.1) is 7.11 Å². The van der Waals surface area contributed by atoms with Gasteiger partial charge in [0, 0.05) is 16.8 Å². The number of aromatic nitrogens is 2. The summed E-state index contributed by atoms with van der Waals surface area (Å²) in [6.45, 7) is 6.14. The molecule has 2 rings (SSSR count). The molecule has 0 amide bonds. The van der Waals surface area contributed by atoms with Crippen LogP contribution in [0.3, 0.4) is 0 Å². The minimum atomic E-state index is 0.317. The normalized spacial score (nSPS) is 10.8. The second-order valence-corrected chi connectivity index (χ2v) is 5.08. The Morgan fingerprint density at radius 1 is 1.11 bits per heavy atom. The van der Waals surface area contributed by atoms with Crippen molar-refractivity contribution in [3.63, 3.8) is 0 Å². The molecule has 4 heteroatoms. The topological polar surface area (TPSA) is 35.0 Å². The minimum absolute atomic E-state index is 0.317. The van der Waals surface area contributed by atoms with Crippen LogP contribution in [-0.4, -0.2) is 17.1 Å². The third kappa shape index (κ3) is 2.87. The van der Waals surface area contributed by atoms with Crippen molar-refractivity contribution in [2.24, 2.45) is 0 Å². The van der Waals surface area contributed by atoms with Gasteiger partial charge in [-0.3, -0.25) is 0 Å². The number of rotatable bonds is 3. The monoisotopic (exact) mass is 276 g/mol. The van der Waals surface area contributed by atoms with Crippen molar-refractivity contribution in [2.75, 3.05) is 7.11 Å². The summed E-state index contributed by atoms with van der Waals surface area (Å²) in [6.07, 6.45) is 0. The number of ether oxygens (including phenoxy) is 1. The Morgan fingerprint density at radius 3 is 2.21 bits per heavy atom. The highest BCUT2D eigenvalue weighted by Crippen LogP contribution is 2.28. The molecule has 0 bridgehead atoms. The Morgan fingerprint density at radius 2 is 1.74 bits per heavy atom. The molecule has 0 saturated carbocycles. The lowest BCUT2D eigenvalue weighted by molar-refractivity contribution is 0.415. The second-order valence-electron chi connectivity index (χ2n) is 4.72. The van der Waals surface area contributed by atoms with Crippen LogP contribution >= 0.6 is 11.6 Å². The van der Waals surface area contributed by atoms with Gasteiger partial charge in [-0.05, 0) is 37.1 Å². The first-order valence-electron chi connectivity index (χ1n) is 6.21. The van der Waals surface area contributed by atoms with Gasteiger partial charge in [-0.2, -0.15) is 0 Å². The first-order chi connectivity index (χ1) is 9.02. The highest BCUT2D eigenvalue weighted by molar-refractivity contribution is 6.30. The Labute approximate surface area is 118 Å². The number of methoxy groups -OCH3 is 1. The zero-order valence-electron chi connectivity index (χ0n) is 11.6. The molecule has 0 atom stereocenters. The molecule has 0 radical (unpaired) electrons. The molecule has 0 aliphatic carbocycles. The quantitative estimate of drug-likeness (QED) is 0.787. The molecule has 3 nitrogen and oxygen atoms in total. The van der Waals surface area contributed by atoms with Crippen LogP contribution in [0.2, 0.25) is 5.15 Å². The fraction of sp³-hybridized carbons (Fsp3) is 0.333. The van der Waals surface area contributed by atoms with Crippen LogP contribution in [0.15, 0.2) is 24.3 Å². The van der Waals surface area contributed by atoms with E-state index in [0.29, 0.717) is 16.9 Å². The highest BCUT2D eigenvalue weighted by Gasteiger charge is 2.14. The summed E-state index contributed by atoms with van der Waals surface area (Å²) in [4.78, 5) is 8.94. The van der Waals surface area contributed by atoms with E-state index in [1.165, 1.54) is 0 Å². The van der Waals surface area contributed by atoms with Gasteiger partial charge < -0.3 is 4.74 Å². The van der Waals surface area contributed by atoms with Crippen LogP contribution in [0.5, 0.6) is 5.75 Å². The fourth-order valence-corrected chi connectivity index (χ4v) is 2.51. The van der Waals surface area contributed by atoms with Crippen LogP contribution in [-0.2, 0) is 0 Å². The van der Waals surface area contributed by atoms with Gasteiger partial charge in [0.2, 0.25) is 0 Å². The first kappa shape index (κ1) is 13.8. The molecule has 1 aromatic heterocycles. The SMILES string of the molecule is COc1ccc(-c2nc(C)c(C(C)C)c(Cl)n2)cc1. The van der Waals surface area contributed by atoms with Gasteiger partial charge in [0.15, 0.2) is 5.82 Å². The van der Waals surface area contributed by atoms with E-state index in [0.717, 1.165) is 22.6 Å². The van der Waals surface area contributed by atoms with E-state index in [4.69, 9.17) is 16.3 Å². The number of nitrogens with zero attached hydrogens (tertiary/aromatic N) is 2.